The zero-order valence-electron chi connectivity index (χ0n) is 8.61. The van der Waals surface area contributed by atoms with E-state index in [9.17, 15) is 4.79 Å². The van der Waals surface area contributed by atoms with Gasteiger partial charge in [0.1, 0.15) is 5.82 Å². The molecule has 0 saturated heterocycles. The summed E-state index contributed by atoms with van der Waals surface area (Å²) in [7, 11) is 0. The highest BCUT2D eigenvalue weighted by Gasteiger charge is 2.08. The Balaban J connectivity index is 2.25. The summed E-state index contributed by atoms with van der Waals surface area (Å²) < 4.78 is 0. The molecule has 0 aliphatic rings. The molecule has 1 amide bonds. The lowest BCUT2D eigenvalue weighted by Crippen LogP contribution is -2.18. The van der Waals surface area contributed by atoms with Crippen LogP contribution in [-0.2, 0) is 4.79 Å². The van der Waals surface area contributed by atoms with E-state index >= 15 is 0 Å². The zero-order chi connectivity index (χ0) is 10.8. The van der Waals surface area contributed by atoms with E-state index in [0.29, 0.717) is 11.5 Å². The Hall–Kier alpha value is -1.91. The minimum Gasteiger partial charge on any atom is -0.343 e. The number of nitrogens with zero attached hydrogens (tertiary/aromatic N) is 2. The Morgan fingerprint density at radius 3 is 3.00 bits per heavy atom. The largest absolute Gasteiger partial charge is 0.343 e. The van der Waals surface area contributed by atoms with Crippen molar-refractivity contribution in [2.24, 2.45) is 5.92 Å². The third kappa shape index (κ3) is 1.96. The van der Waals surface area contributed by atoms with Crippen LogP contribution in [0.1, 0.15) is 13.8 Å². The maximum absolute atomic E-state index is 11.4. The molecule has 0 fully saturated rings. The number of anilines is 1. The second-order valence-electron chi connectivity index (χ2n) is 3.61. The minimum atomic E-state index is -0.0540. The predicted molar refractivity (Wildman–Crippen MR) is 57.4 cm³/mol. The first-order valence-corrected chi connectivity index (χ1v) is 4.78. The van der Waals surface area contributed by atoms with Gasteiger partial charge in [-0.2, -0.15) is 0 Å². The van der Waals surface area contributed by atoms with Crippen molar-refractivity contribution in [2.75, 3.05) is 5.32 Å². The summed E-state index contributed by atoms with van der Waals surface area (Å²) in [4.78, 5) is 22.5. The number of aromatic nitrogens is 3. The van der Waals surface area contributed by atoms with Gasteiger partial charge in [-0.25, -0.2) is 9.97 Å². The van der Waals surface area contributed by atoms with Gasteiger partial charge in [0.15, 0.2) is 5.65 Å². The Morgan fingerprint density at radius 1 is 1.47 bits per heavy atom. The fourth-order valence-electron chi connectivity index (χ4n) is 1.16. The van der Waals surface area contributed by atoms with Gasteiger partial charge in [0.2, 0.25) is 5.91 Å². The SMILES string of the molecule is CC(C)C(=O)Nc1ccc2[nH]cnc2n1. The van der Waals surface area contributed by atoms with E-state index in [2.05, 4.69) is 20.3 Å². The Bertz CT molecular complexity index is 489. The standard InChI is InChI=1S/C10H12N4O/c1-6(2)10(15)14-8-4-3-7-9(13-8)12-5-11-7/h3-6H,1-2H3,(H2,11,12,13,14,15). The molecule has 0 saturated carbocycles. The molecule has 0 bridgehead atoms. The number of pyridine rings is 1. The lowest BCUT2D eigenvalue weighted by atomic mass is 10.2. The van der Waals surface area contributed by atoms with Crippen LogP contribution in [0.2, 0.25) is 0 Å². The molecular formula is C10H12N4O. The van der Waals surface area contributed by atoms with E-state index in [1.54, 1.807) is 12.4 Å². The quantitative estimate of drug-likeness (QED) is 0.779. The average Bonchev–Trinajstić information content (AvgIpc) is 2.64. The molecule has 2 rings (SSSR count). The molecule has 0 aromatic carbocycles. The first-order valence-electron chi connectivity index (χ1n) is 4.78. The number of aromatic amines is 1. The molecular weight excluding hydrogens is 192 g/mol. The molecule has 78 valence electrons. The maximum atomic E-state index is 11.4. The van der Waals surface area contributed by atoms with Gasteiger partial charge in [0.05, 0.1) is 11.8 Å². The molecule has 5 heteroatoms. The summed E-state index contributed by atoms with van der Waals surface area (Å²) in [6, 6.07) is 3.59. The predicted octanol–water partition coefficient (Wildman–Crippen LogP) is 1.55. The summed E-state index contributed by atoms with van der Waals surface area (Å²) in [5.41, 5.74) is 1.47. The second kappa shape index (κ2) is 3.68. The monoisotopic (exact) mass is 204 g/mol. The third-order valence-corrected chi connectivity index (χ3v) is 2.06. The van der Waals surface area contributed by atoms with E-state index in [4.69, 9.17) is 0 Å². The number of rotatable bonds is 2. The molecule has 0 aliphatic carbocycles. The van der Waals surface area contributed by atoms with Crippen molar-refractivity contribution in [2.45, 2.75) is 13.8 Å². The summed E-state index contributed by atoms with van der Waals surface area (Å²) in [5, 5.41) is 2.72. The molecule has 2 N–H and O–H groups in total. The highest BCUT2D eigenvalue weighted by atomic mass is 16.1. The first-order chi connectivity index (χ1) is 7.16. The maximum Gasteiger partial charge on any atom is 0.228 e. The molecule has 5 nitrogen and oxygen atoms in total. The number of hydrogen-bond donors (Lipinski definition) is 2. The van der Waals surface area contributed by atoms with Gasteiger partial charge < -0.3 is 10.3 Å². The van der Waals surface area contributed by atoms with Crippen LogP contribution >= 0.6 is 0 Å². The van der Waals surface area contributed by atoms with Crippen molar-refractivity contribution in [3.63, 3.8) is 0 Å². The smallest absolute Gasteiger partial charge is 0.228 e. The van der Waals surface area contributed by atoms with Gasteiger partial charge in [-0.3, -0.25) is 4.79 Å². The lowest BCUT2D eigenvalue weighted by molar-refractivity contribution is -0.118. The fraction of sp³-hybridized carbons (Fsp3) is 0.300. The summed E-state index contributed by atoms with van der Waals surface area (Å²) in [6.45, 7) is 3.67. The van der Waals surface area contributed by atoms with Gasteiger partial charge >= 0.3 is 0 Å². The minimum absolute atomic E-state index is 0.0441. The molecule has 0 spiro atoms. The van der Waals surface area contributed by atoms with Crippen LogP contribution in [0, 0.1) is 5.92 Å². The van der Waals surface area contributed by atoms with Crippen molar-refractivity contribution in [1.82, 2.24) is 15.0 Å². The number of imidazole rings is 1. The number of hydrogen-bond acceptors (Lipinski definition) is 3. The number of nitrogens with one attached hydrogen (secondary N) is 2. The van der Waals surface area contributed by atoms with Crippen LogP contribution in [0.25, 0.3) is 11.2 Å². The van der Waals surface area contributed by atoms with Crippen LogP contribution in [0.15, 0.2) is 18.5 Å². The molecule has 0 radical (unpaired) electrons. The average molecular weight is 204 g/mol. The molecule has 2 aromatic heterocycles. The van der Waals surface area contributed by atoms with E-state index in [0.717, 1.165) is 5.52 Å². The van der Waals surface area contributed by atoms with Crippen molar-refractivity contribution in [1.29, 1.82) is 0 Å². The van der Waals surface area contributed by atoms with Gasteiger partial charge in [0, 0.05) is 5.92 Å². The number of carbonyl (C=O) groups is 1. The van der Waals surface area contributed by atoms with E-state index in [-0.39, 0.29) is 11.8 Å². The summed E-state index contributed by atoms with van der Waals surface area (Å²) >= 11 is 0. The van der Waals surface area contributed by atoms with Gasteiger partial charge in [-0.05, 0) is 12.1 Å². The van der Waals surface area contributed by atoms with Crippen LogP contribution in [0.5, 0.6) is 0 Å². The normalized spacial score (nSPS) is 10.9. The number of fused-ring (bicyclic) bond motifs is 1. The topological polar surface area (TPSA) is 70.7 Å². The van der Waals surface area contributed by atoms with Crippen molar-refractivity contribution < 1.29 is 4.79 Å². The van der Waals surface area contributed by atoms with Crippen LogP contribution in [0.4, 0.5) is 5.82 Å². The van der Waals surface area contributed by atoms with Crippen LogP contribution in [0.3, 0.4) is 0 Å². The molecule has 0 atom stereocenters. The molecule has 0 aliphatic heterocycles. The van der Waals surface area contributed by atoms with Gasteiger partial charge in [-0.15, -0.1) is 0 Å². The molecule has 2 aromatic rings. The zero-order valence-corrected chi connectivity index (χ0v) is 8.61. The summed E-state index contributed by atoms with van der Waals surface area (Å²) in [6.07, 6.45) is 1.58. The highest BCUT2D eigenvalue weighted by Crippen LogP contribution is 2.11. The van der Waals surface area contributed by atoms with E-state index in [1.165, 1.54) is 0 Å². The Labute approximate surface area is 86.9 Å². The Morgan fingerprint density at radius 2 is 2.27 bits per heavy atom. The first kappa shape index (κ1) is 9.64. The Kier molecular flexibility index (Phi) is 2.37. The summed E-state index contributed by atoms with van der Waals surface area (Å²) in [5.74, 6) is 0.437. The number of H-pyrrole nitrogens is 1. The molecule has 15 heavy (non-hydrogen) atoms. The fourth-order valence-corrected chi connectivity index (χ4v) is 1.16. The van der Waals surface area contributed by atoms with Crippen molar-refractivity contribution in [3.05, 3.63) is 18.5 Å². The van der Waals surface area contributed by atoms with Crippen molar-refractivity contribution in [3.8, 4) is 0 Å². The van der Waals surface area contributed by atoms with Crippen LogP contribution < -0.4 is 5.32 Å². The number of carbonyl (C=O) groups excluding carboxylic acids is 1. The molecule has 0 unspecified atom stereocenters. The van der Waals surface area contributed by atoms with Crippen molar-refractivity contribution >= 4 is 22.9 Å². The van der Waals surface area contributed by atoms with Gasteiger partial charge in [0.25, 0.3) is 0 Å². The highest BCUT2D eigenvalue weighted by molar-refractivity contribution is 5.92. The van der Waals surface area contributed by atoms with E-state index in [1.807, 2.05) is 19.9 Å². The lowest BCUT2D eigenvalue weighted by Gasteiger charge is -2.05. The number of amides is 1. The van der Waals surface area contributed by atoms with E-state index < -0.39 is 0 Å². The van der Waals surface area contributed by atoms with Gasteiger partial charge in [-0.1, -0.05) is 13.8 Å². The second-order valence-corrected chi connectivity index (χ2v) is 3.61. The third-order valence-electron chi connectivity index (χ3n) is 2.06. The molecule has 2 heterocycles. The van der Waals surface area contributed by atoms with Crippen LogP contribution in [-0.4, -0.2) is 20.9 Å².